The number of allylic oxidation sites excluding steroid dienone is 1. The molecule has 6 heteroatoms. The molecule has 1 N–H and O–H groups in total. The first kappa shape index (κ1) is 16.2. The van der Waals surface area contributed by atoms with Crippen molar-refractivity contribution in [2.75, 3.05) is 25.5 Å². The van der Waals surface area contributed by atoms with Crippen LogP contribution in [-0.2, 0) is 11.0 Å². The molecule has 0 atom stereocenters. The van der Waals surface area contributed by atoms with Gasteiger partial charge < -0.3 is 5.32 Å². The summed E-state index contributed by atoms with van der Waals surface area (Å²) in [6, 6.07) is 4.93. The third-order valence-electron chi connectivity index (χ3n) is 2.57. The van der Waals surface area contributed by atoms with Crippen molar-refractivity contribution in [3.63, 3.8) is 0 Å². The van der Waals surface area contributed by atoms with E-state index in [-0.39, 0.29) is 12.2 Å². The maximum absolute atomic E-state index is 12.8. The monoisotopic (exact) mass is 286 g/mol. The Morgan fingerprint density at radius 1 is 1.35 bits per heavy atom. The SMILES string of the molecule is CC=CCN(C)CC(=O)Nc1ccccc1C(F)(F)F. The van der Waals surface area contributed by atoms with E-state index in [0.29, 0.717) is 6.54 Å². The van der Waals surface area contributed by atoms with Crippen LogP contribution >= 0.6 is 0 Å². The average Bonchev–Trinajstić information content (AvgIpc) is 2.35. The smallest absolute Gasteiger partial charge is 0.324 e. The summed E-state index contributed by atoms with van der Waals surface area (Å²) < 4.78 is 38.3. The van der Waals surface area contributed by atoms with Crippen molar-refractivity contribution in [1.82, 2.24) is 4.90 Å². The lowest BCUT2D eigenvalue weighted by atomic mass is 10.1. The summed E-state index contributed by atoms with van der Waals surface area (Å²) in [6.45, 7) is 2.44. The number of halogens is 3. The molecular formula is C14H17F3N2O. The van der Waals surface area contributed by atoms with Crippen LogP contribution in [0.4, 0.5) is 18.9 Å². The van der Waals surface area contributed by atoms with Crippen molar-refractivity contribution in [1.29, 1.82) is 0 Å². The molecule has 0 aliphatic rings. The number of carbonyl (C=O) groups is 1. The van der Waals surface area contributed by atoms with Crippen molar-refractivity contribution >= 4 is 11.6 Å². The zero-order chi connectivity index (χ0) is 15.2. The van der Waals surface area contributed by atoms with Crippen molar-refractivity contribution in [2.45, 2.75) is 13.1 Å². The fourth-order valence-corrected chi connectivity index (χ4v) is 1.62. The molecule has 110 valence electrons. The molecule has 0 bridgehead atoms. The highest BCUT2D eigenvalue weighted by Gasteiger charge is 2.33. The van der Waals surface area contributed by atoms with Crippen LogP contribution < -0.4 is 5.32 Å². The van der Waals surface area contributed by atoms with E-state index in [1.165, 1.54) is 18.2 Å². The molecule has 0 heterocycles. The van der Waals surface area contributed by atoms with Crippen LogP contribution in [0.5, 0.6) is 0 Å². The fraction of sp³-hybridized carbons (Fsp3) is 0.357. The summed E-state index contributed by atoms with van der Waals surface area (Å²) in [6.07, 6.45) is -0.787. The maximum Gasteiger partial charge on any atom is 0.418 e. The van der Waals surface area contributed by atoms with Gasteiger partial charge in [0.2, 0.25) is 5.91 Å². The number of hydrogen-bond donors (Lipinski definition) is 1. The number of anilines is 1. The molecule has 1 rings (SSSR count). The molecule has 0 unspecified atom stereocenters. The van der Waals surface area contributed by atoms with E-state index in [1.807, 2.05) is 19.1 Å². The van der Waals surface area contributed by atoms with E-state index < -0.39 is 17.6 Å². The predicted molar refractivity (Wildman–Crippen MR) is 72.4 cm³/mol. The summed E-state index contributed by atoms with van der Waals surface area (Å²) >= 11 is 0. The van der Waals surface area contributed by atoms with Crippen LogP contribution in [0.3, 0.4) is 0 Å². The van der Waals surface area contributed by atoms with Gasteiger partial charge in [0.1, 0.15) is 0 Å². The number of nitrogens with one attached hydrogen (secondary N) is 1. The Kier molecular flexibility index (Phi) is 5.76. The van der Waals surface area contributed by atoms with E-state index in [1.54, 1.807) is 11.9 Å². The predicted octanol–water partition coefficient (Wildman–Crippen LogP) is 3.15. The fourth-order valence-electron chi connectivity index (χ4n) is 1.62. The van der Waals surface area contributed by atoms with E-state index in [2.05, 4.69) is 5.32 Å². The highest BCUT2D eigenvalue weighted by Crippen LogP contribution is 2.34. The average molecular weight is 286 g/mol. The first-order chi connectivity index (χ1) is 9.34. The Hall–Kier alpha value is -1.82. The second-order valence-corrected chi connectivity index (χ2v) is 4.36. The van der Waals surface area contributed by atoms with Crippen molar-refractivity contribution in [3.8, 4) is 0 Å². The number of nitrogens with zero attached hydrogens (tertiary/aromatic N) is 1. The normalized spacial score (nSPS) is 12.1. The minimum absolute atomic E-state index is 0.0243. The molecule has 0 saturated carbocycles. The van der Waals surface area contributed by atoms with Crippen molar-refractivity contribution < 1.29 is 18.0 Å². The topological polar surface area (TPSA) is 32.3 Å². The Morgan fingerprint density at radius 2 is 2.00 bits per heavy atom. The highest BCUT2D eigenvalue weighted by molar-refractivity contribution is 5.93. The van der Waals surface area contributed by atoms with Gasteiger partial charge in [0, 0.05) is 6.54 Å². The van der Waals surface area contributed by atoms with Gasteiger partial charge in [-0.1, -0.05) is 24.3 Å². The molecule has 0 aliphatic carbocycles. The van der Waals surface area contributed by atoms with E-state index in [9.17, 15) is 18.0 Å². The summed E-state index contributed by atoms with van der Waals surface area (Å²) in [5.74, 6) is -0.478. The molecule has 1 amide bonds. The van der Waals surface area contributed by atoms with Crippen LogP contribution in [-0.4, -0.2) is 30.9 Å². The van der Waals surface area contributed by atoms with E-state index in [0.717, 1.165) is 6.07 Å². The molecule has 0 fully saturated rings. The molecule has 0 radical (unpaired) electrons. The zero-order valence-corrected chi connectivity index (χ0v) is 11.4. The highest BCUT2D eigenvalue weighted by atomic mass is 19.4. The van der Waals surface area contributed by atoms with Crippen LogP contribution in [0.25, 0.3) is 0 Å². The summed E-state index contributed by atoms with van der Waals surface area (Å²) in [4.78, 5) is 13.4. The van der Waals surface area contributed by atoms with Gasteiger partial charge in [0.25, 0.3) is 0 Å². The lowest BCUT2D eigenvalue weighted by Gasteiger charge is -2.16. The molecule has 0 aliphatic heterocycles. The third-order valence-corrected chi connectivity index (χ3v) is 2.57. The van der Waals surface area contributed by atoms with Gasteiger partial charge in [0.05, 0.1) is 17.8 Å². The Bertz CT molecular complexity index is 484. The van der Waals surface area contributed by atoms with E-state index >= 15 is 0 Å². The molecule has 0 aromatic heterocycles. The first-order valence-electron chi connectivity index (χ1n) is 6.10. The van der Waals surface area contributed by atoms with Gasteiger partial charge in [-0.2, -0.15) is 13.2 Å². The van der Waals surface area contributed by atoms with Gasteiger partial charge in [0.15, 0.2) is 0 Å². The van der Waals surface area contributed by atoms with Crippen LogP contribution in [0.1, 0.15) is 12.5 Å². The molecule has 1 aromatic carbocycles. The first-order valence-corrected chi connectivity index (χ1v) is 6.10. The summed E-state index contributed by atoms with van der Waals surface area (Å²) in [5.41, 5.74) is -1.06. The standard InChI is InChI=1S/C14H17F3N2O/c1-3-4-9-19(2)10-13(20)18-12-8-6-5-7-11(12)14(15,16)17/h3-8H,9-10H2,1-2H3,(H,18,20). The molecule has 0 saturated heterocycles. The summed E-state index contributed by atoms with van der Waals surface area (Å²) in [7, 11) is 1.72. The Morgan fingerprint density at radius 3 is 2.60 bits per heavy atom. The molecule has 1 aromatic rings. The molecular weight excluding hydrogens is 269 g/mol. The maximum atomic E-state index is 12.8. The number of alkyl halides is 3. The van der Waals surface area contributed by atoms with Gasteiger partial charge in [-0.05, 0) is 26.1 Å². The van der Waals surface area contributed by atoms with Crippen LogP contribution in [0, 0.1) is 0 Å². The third kappa shape index (κ3) is 5.05. The second kappa shape index (κ2) is 7.09. The minimum atomic E-state index is -4.49. The minimum Gasteiger partial charge on any atom is -0.324 e. The largest absolute Gasteiger partial charge is 0.418 e. The van der Waals surface area contributed by atoms with Gasteiger partial charge in [-0.3, -0.25) is 9.69 Å². The number of hydrogen-bond acceptors (Lipinski definition) is 2. The second-order valence-electron chi connectivity index (χ2n) is 4.36. The Balaban J connectivity index is 2.72. The summed E-state index contributed by atoms with van der Waals surface area (Å²) in [5, 5.41) is 2.30. The zero-order valence-electron chi connectivity index (χ0n) is 11.4. The lowest BCUT2D eigenvalue weighted by molar-refractivity contribution is -0.137. The quantitative estimate of drug-likeness (QED) is 0.843. The van der Waals surface area contributed by atoms with Crippen LogP contribution in [0.2, 0.25) is 0 Å². The van der Waals surface area contributed by atoms with Gasteiger partial charge >= 0.3 is 6.18 Å². The number of benzene rings is 1. The van der Waals surface area contributed by atoms with Crippen molar-refractivity contribution in [2.24, 2.45) is 0 Å². The number of rotatable bonds is 5. The number of para-hydroxylation sites is 1. The van der Waals surface area contributed by atoms with E-state index in [4.69, 9.17) is 0 Å². The Labute approximate surface area is 116 Å². The molecule has 0 spiro atoms. The number of carbonyl (C=O) groups excluding carboxylic acids is 1. The number of amides is 1. The number of likely N-dealkylation sites (N-methyl/N-ethyl adjacent to an activating group) is 1. The van der Waals surface area contributed by atoms with Gasteiger partial charge in [-0.25, -0.2) is 0 Å². The van der Waals surface area contributed by atoms with Crippen molar-refractivity contribution in [3.05, 3.63) is 42.0 Å². The van der Waals surface area contributed by atoms with Crippen LogP contribution in [0.15, 0.2) is 36.4 Å². The molecule has 20 heavy (non-hydrogen) atoms. The lowest BCUT2D eigenvalue weighted by Crippen LogP contribution is -2.30. The van der Waals surface area contributed by atoms with Gasteiger partial charge in [-0.15, -0.1) is 0 Å². The molecule has 3 nitrogen and oxygen atoms in total.